The summed E-state index contributed by atoms with van der Waals surface area (Å²) in [5.41, 5.74) is 0.637. The predicted molar refractivity (Wildman–Crippen MR) is 87.6 cm³/mol. The van der Waals surface area contributed by atoms with E-state index in [1.54, 1.807) is 24.3 Å². The third-order valence-electron chi connectivity index (χ3n) is 3.49. The largest absolute Gasteiger partial charge is 0.468 e. The maximum absolute atomic E-state index is 12.2. The highest BCUT2D eigenvalue weighted by Crippen LogP contribution is 2.20. The number of nitrogens with zero attached hydrogens (tertiary/aromatic N) is 2. The number of benzene rings is 1. The van der Waals surface area contributed by atoms with Crippen molar-refractivity contribution in [3.63, 3.8) is 0 Å². The van der Waals surface area contributed by atoms with E-state index in [1.165, 1.54) is 24.0 Å². The van der Waals surface area contributed by atoms with Crippen LogP contribution in [0.5, 0.6) is 0 Å². The fourth-order valence-corrected chi connectivity index (χ4v) is 2.55. The highest BCUT2D eigenvalue weighted by atomic mass is 32.1. The van der Waals surface area contributed by atoms with Gasteiger partial charge >= 0.3 is 5.97 Å². The number of likely N-dealkylation sites (N-methyl/N-ethyl adjacent to an activating group) is 1. The number of rotatable bonds is 5. The van der Waals surface area contributed by atoms with Crippen LogP contribution >= 0.6 is 12.2 Å². The standard InChI is InChI=1S/C15H17N3O4S/c1-17-14(21)11(18(15(17)23)9-13(20)22-2)8-12(19)16-10-6-4-3-5-7-10/h3-7,11H,8-9H2,1-2H3,(H,16,19)/t11-/m1/s1. The molecule has 1 atom stereocenters. The van der Waals surface area contributed by atoms with E-state index >= 15 is 0 Å². The van der Waals surface area contributed by atoms with Gasteiger partial charge in [0.25, 0.3) is 5.91 Å². The highest BCUT2D eigenvalue weighted by molar-refractivity contribution is 7.80. The van der Waals surface area contributed by atoms with Crippen molar-refractivity contribution < 1.29 is 19.1 Å². The second kappa shape index (κ2) is 7.19. The van der Waals surface area contributed by atoms with Gasteiger partial charge in [0.05, 0.1) is 13.5 Å². The normalized spacial score (nSPS) is 17.4. The van der Waals surface area contributed by atoms with E-state index in [1.807, 2.05) is 6.07 Å². The zero-order valence-electron chi connectivity index (χ0n) is 12.8. The van der Waals surface area contributed by atoms with Gasteiger partial charge in [-0.2, -0.15) is 0 Å². The predicted octanol–water partition coefficient (Wildman–Crippen LogP) is 0.616. The number of ether oxygens (including phenoxy) is 1. The van der Waals surface area contributed by atoms with Crippen molar-refractivity contribution in [3.05, 3.63) is 30.3 Å². The summed E-state index contributed by atoms with van der Waals surface area (Å²) < 4.78 is 4.61. The number of hydrogen-bond donors (Lipinski definition) is 1. The van der Waals surface area contributed by atoms with Gasteiger partial charge in [-0.05, 0) is 24.4 Å². The lowest BCUT2D eigenvalue weighted by Gasteiger charge is -2.21. The quantitative estimate of drug-likeness (QED) is 0.628. The minimum atomic E-state index is -0.810. The van der Waals surface area contributed by atoms with E-state index in [-0.39, 0.29) is 29.9 Å². The molecule has 0 saturated carbocycles. The van der Waals surface area contributed by atoms with Gasteiger partial charge in [0.2, 0.25) is 5.91 Å². The van der Waals surface area contributed by atoms with Gasteiger partial charge in [-0.3, -0.25) is 19.3 Å². The molecule has 0 unspecified atom stereocenters. The molecular weight excluding hydrogens is 318 g/mol. The van der Waals surface area contributed by atoms with Crippen LogP contribution < -0.4 is 5.32 Å². The molecule has 1 aliphatic rings. The van der Waals surface area contributed by atoms with Crippen LogP contribution in [-0.2, 0) is 19.1 Å². The molecule has 1 aromatic carbocycles. The molecule has 1 heterocycles. The van der Waals surface area contributed by atoms with Crippen LogP contribution in [0.25, 0.3) is 0 Å². The number of esters is 1. The summed E-state index contributed by atoms with van der Waals surface area (Å²) in [7, 11) is 2.77. The summed E-state index contributed by atoms with van der Waals surface area (Å²) in [5, 5.41) is 2.92. The number of para-hydroxylation sites is 1. The van der Waals surface area contributed by atoms with Crippen LogP contribution in [0.3, 0.4) is 0 Å². The first-order valence-corrected chi connectivity index (χ1v) is 7.34. The molecule has 0 radical (unpaired) electrons. The van der Waals surface area contributed by atoms with Crippen LogP contribution in [0.2, 0.25) is 0 Å². The molecule has 8 heteroatoms. The number of carbonyl (C=O) groups excluding carboxylic acids is 3. The molecule has 1 aromatic rings. The van der Waals surface area contributed by atoms with Crippen molar-refractivity contribution in [2.24, 2.45) is 0 Å². The first-order valence-electron chi connectivity index (χ1n) is 6.94. The molecule has 0 bridgehead atoms. The number of amides is 2. The maximum Gasteiger partial charge on any atom is 0.325 e. The van der Waals surface area contributed by atoms with Crippen LogP contribution in [0.1, 0.15) is 6.42 Å². The molecule has 7 nitrogen and oxygen atoms in total. The number of anilines is 1. The Morgan fingerprint density at radius 2 is 1.96 bits per heavy atom. The van der Waals surface area contributed by atoms with Gasteiger partial charge in [0, 0.05) is 12.7 Å². The van der Waals surface area contributed by atoms with Crippen molar-refractivity contribution in [3.8, 4) is 0 Å². The lowest BCUT2D eigenvalue weighted by atomic mass is 10.1. The maximum atomic E-state index is 12.2. The average Bonchev–Trinajstić information content (AvgIpc) is 2.73. The van der Waals surface area contributed by atoms with Crippen LogP contribution in [-0.4, -0.2) is 59.4 Å². The van der Waals surface area contributed by atoms with Gasteiger partial charge in [-0.15, -0.1) is 0 Å². The SMILES string of the molecule is COC(=O)CN1C(=S)N(C)C(=O)[C@H]1CC(=O)Nc1ccccc1. The van der Waals surface area contributed by atoms with E-state index in [9.17, 15) is 14.4 Å². The molecule has 1 N–H and O–H groups in total. The summed E-state index contributed by atoms with van der Waals surface area (Å²) in [4.78, 5) is 38.6. The fraction of sp³-hybridized carbons (Fsp3) is 0.333. The molecule has 2 amide bonds. The molecule has 1 aliphatic heterocycles. The lowest BCUT2D eigenvalue weighted by Crippen LogP contribution is -2.41. The lowest BCUT2D eigenvalue weighted by molar-refractivity contribution is -0.141. The molecule has 0 aliphatic carbocycles. The number of hydrogen-bond acceptors (Lipinski definition) is 5. The summed E-state index contributed by atoms with van der Waals surface area (Å²) in [6.45, 7) is -0.172. The van der Waals surface area contributed by atoms with E-state index in [2.05, 4.69) is 10.1 Å². The van der Waals surface area contributed by atoms with E-state index < -0.39 is 12.0 Å². The number of nitrogens with one attached hydrogen (secondary N) is 1. The van der Waals surface area contributed by atoms with E-state index in [4.69, 9.17) is 12.2 Å². The molecule has 1 fully saturated rings. The van der Waals surface area contributed by atoms with Crippen molar-refractivity contribution >= 4 is 40.8 Å². The Labute approximate surface area is 139 Å². The van der Waals surface area contributed by atoms with E-state index in [0.717, 1.165) is 0 Å². The first-order chi connectivity index (χ1) is 10.9. The van der Waals surface area contributed by atoms with Crippen molar-refractivity contribution in [2.75, 3.05) is 26.0 Å². The van der Waals surface area contributed by atoms with Crippen LogP contribution in [0.4, 0.5) is 5.69 Å². The van der Waals surface area contributed by atoms with Crippen molar-refractivity contribution in [1.82, 2.24) is 9.80 Å². The third kappa shape index (κ3) is 3.84. The Morgan fingerprint density at radius 1 is 1.30 bits per heavy atom. The Morgan fingerprint density at radius 3 is 2.57 bits per heavy atom. The van der Waals surface area contributed by atoms with Gasteiger partial charge in [0.1, 0.15) is 12.6 Å². The minimum Gasteiger partial charge on any atom is -0.468 e. The minimum absolute atomic E-state index is 0.102. The average molecular weight is 335 g/mol. The number of methoxy groups -OCH3 is 1. The molecule has 0 aromatic heterocycles. The van der Waals surface area contributed by atoms with Gasteiger partial charge in [-0.1, -0.05) is 18.2 Å². The van der Waals surface area contributed by atoms with Crippen molar-refractivity contribution in [2.45, 2.75) is 12.5 Å². The van der Waals surface area contributed by atoms with Gasteiger partial charge in [-0.25, -0.2) is 0 Å². The zero-order valence-corrected chi connectivity index (χ0v) is 13.6. The van der Waals surface area contributed by atoms with Gasteiger partial charge in [0.15, 0.2) is 5.11 Å². The smallest absolute Gasteiger partial charge is 0.325 e. The summed E-state index contributed by atoms with van der Waals surface area (Å²) >= 11 is 5.16. The molecule has 1 saturated heterocycles. The summed E-state index contributed by atoms with van der Waals surface area (Å²) in [5.74, 6) is -1.17. The molecule has 0 spiro atoms. The Kier molecular flexibility index (Phi) is 5.28. The highest BCUT2D eigenvalue weighted by Gasteiger charge is 2.42. The topological polar surface area (TPSA) is 79.0 Å². The second-order valence-electron chi connectivity index (χ2n) is 5.02. The van der Waals surface area contributed by atoms with E-state index in [0.29, 0.717) is 5.69 Å². The van der Waals surface area contributed by atoms with Crippen LogP contribution in [0, 0.1) is 0 Å². The Balaban J connectivity index is 2.08. The number of carbonyl (C=O) groups is 3. The summed E-state index contributed by atoms with van der Waals surface area (Å²) in [6, 6.07) is 8.11. The zero-order chi connectivity index (χ0) is 17.0. The van der Waals surface area contributed by atoms with Gasteiger partial charge < -0.3 is 15.0 Å². The molecule has 23 heavy (non-hydrogen) atoms. The molecule has 122 valence electrons. The Hall–Kier alpha value is -2.48. The Bertz CT molecular complexity index is 635. The molecular formula is C15H17N3O4S. The number of thiocarbonyl (C=S) groups is 1. The van der Waals surface area contributed by atoms with Crippen molar-refractivity contribution in [1.29, 1.82) is 0 Å². The third-order valence-corrected chi connectivity index (χ3v) is 4.00. The molecule has 2 rings (SSSR count). The summed E-state index contributed by atoms with van der Waals surface area (Å²) in [6.07, 6.45) is -0.102. The fourth-order valence-electron chi connectivity index (χ4n) is 2.27. The monoisotopic (exact) mass is 335 g/mol. The second-order valence-corrected chi connectivity index (χ2v) is 5.38. The first kappa shape index (κ1) is 16.9. The van der Waals surface area contributed by atoms with Crippen LogP contribution in [0.15, 0.2) is 30.3 Å².